The number of nitrogens with two attached hydrogens (primary N) is 1. The largest absolute Gasteiger partial charge is 0.496 e. The lowest BCUT2D eigenvalue weighted by Crippen LogP contribution is -2.11. The molecular weight excluding hydrogens is 202 g/mol. The molecule has 2 N–H and O–H groups in total. The van der Waals surface area contributed by atoms with Crippen molar-refractivity contribution >= 4 is 0 Å². The molecule has 0 spiro atoms. The minimum absolute atomic E-state index is 0.0185. The molecule has 16 heavy (non-hydrogen) atoms. The van der Waals surface area contributed by atoms with E-state index in [9.17, 15) is 0 Å². The van der Waals surface area contributed by atoms with Crippen molar-refractivity contribution in [3.63, 3.8) is 0 Å². The summed E-state index contributed by atoms with van der Waals surface area (Å²) >= 11 is 0. The third kappa shape index (κ3) is 3.22. The van der Waals surface area contributed by atoms with Crippen molar-refractivity contribution in [3.8, 4) is 5.75 Å². The number of hydrogen-bond donors (Lipinski definition) is 1. The van der Waals surface area contributed by atoms with E-state index < -0.39 is 0 Å². The third-order valence-corrected chi connectivity index (χ3v) is 2.63. The van der Waals surface area contributed by atoms with Gasteiger partial charge >= 0.3 is 0 Å². The first-order valence-corrected chi connectivity index (χ1v) is 5.71. The molecule has 1 aromatic carbocycles. The Hall–Kier alpha value is -1.06. The van der Waals surface area contributed by atoms with Gasteiger partial charge in [-0.3, -0.25) is 0 Å². The average molecular weight is 223 g/mol. The van der Waals surface area contributed by atoms with E-state index in [2.05, 4.69) is 19.1 Å². The summed E-state index contributed by atoms with van der Waals surface area (Å²) in [5.74, 6) is 0.877. The van der Waals surface area contributed by atoms with Gasteiger partial charge in [-0.25, -0.2) is 0 Å². The van der Waals surface area contributed by atoms with Crippen molar-refractivity contribution in [2.45, 2.75) is 26.4 Å². The zero-order chi connectivity index (χ0) is 12.0. The minimum atomic E-state index is 0.0185. The second-order valence-electron chi connectivity index (χ2n) is 3.73. The van der Waals surface area contributed by atoms with Gasteiger partial charge in [0.05, 0.1) is 19.8 Å². The van der Waals surface area contributed by atoms with E-state index in [-0.39, 0.29) is 6.10 Å². The fourth-order valence-corrected chi connectivity index (χ4v) is 1.66. The lowest BCUT2D eigenvalue weighted by molar-refractivity contribution is 0.0699. The minimum Gasteiger partial charge on any atom is -0.496 e. The van der Waals surface area contributed by atoms with E-state index in [0.717, 1.165) is 17.7 Å². The lowest BCUT2D eigenvalue weighted by Gasteiger charge is -2.17. The highest BCUT2D eigenvalue weighted by Crippen LogP contribution is 2.28. The molecule has 0 saturated carbocycles. The highest BCUT2D eigenvalue weighted by atomic mass is 16.5. The van der Waals surface area contributed by atoms with Crippen LogP contribution in [0.25, 0.3) is 0 Å². The first-order chi connectivity index (χ1) is 7.72. The Balaban J connectivity index is 2.89. The van der Waals surface area contributed by atoms with Crippen LogP contribution in [0, 0.1) is 0 Å². The molecular formula is C13H21NO2. The van der Waals surface area contributed by atoms with E-state index in [0.29, 0.717) is 13.2 Å². The molecule has 0 aliphatic carbocycles. The Morgan fingerprint density at radius 2 is 2.12 bits per heavy atom. The predicted octanol–water partition coefficient (Wildman–Crippen LogP) is 2.29. The molecule has 0 aromatic heterocycles. The van der Waals surface area contributed by atoms with Crippen molar-refractivity contribution in [1.82, 2.24) is 0 Å². The van der Waals surface area contributed by atoms with Crippen LogP contribution >= 0.6 is 0 Å². The van der Waals surface area contributed by atoms with Crippen LogP contribution < -0.4 is 10.5 Å². The SMILES string of the molecule is CCc1ccc(OC)c(C(C)OCCN)c1. The first kappa shape index (κ1) is 13.0. The summed E-state index contributed by atoms with van der Waals surface area (Å²) in [5, 5.41) is 0. The molecule has 0 bridgehead atoms. The van der Waals surface area contributed by atoms with E-state index in [1.807, 2.05) is 13.0 Å². The molecule has 3 heteroatoms. The summed E-state index contributed by atoms with van der Waals surface area (Å²) < 4.78 is 10.9. The highest BCUT2D eigenvalue weighted by Gasteiger charge is 2.12. The molecule has 1 aromatic rings. The van der Waals surface area contributed by atoms with E-state index >= 15 is 0 Å². The molecule has 0 fully saturated rings. The summed E-state index contributed by atoms with van der Waals surface area (Å²) in [7, 11) is 1.68. The number of hydrogen-bond acceptors (Lipinski definition) is 3. The van der Waals surface area contributed by atoms with Gasteiger partial charge < -0.3 is 15.2 Å². The molecule has 0 aliphatic heterocycles. The molecule has 1 unspecified atom stereocenters. The maximum Gasteiger partial charge on any atom is 0.124 e. The lowest BCUT2D eigenvalue weighted by atomic mass is 10.0. The van der Waals surface area contributed by atoms with Gasteiger partial charge in [-0.05, 0) is 31.0 Å². The maximum absolute atomic E-state index is 5.61. The van der Waals surface area contributed by atoms with Crippen molar-refractivity contribution < 1.29 is 9.47 Å². The van der Waals surface area contributed by atoms with Gasteiger partial charge in [-0.15, -0.1) is 0 Å². The van der Waals surface area contributed by atoms with Crippen LogP contribution in [-0.2, 0) is 11.2 Å². The summed E-state index contributed by atoms with van der Waals surface area (Å²) in [6.07, 6.45) is 1.03. The molecule has 0 radical (unpaired) electrons. The van der Waals surface area contributed by atoms with Crippen LogP contribution in [0.5, 0.6) is 5.75 Å². The smallest absolute Gasteiger partial charge is 0.124 e. The van der Waals surface area contributed by atoms with Crippen molar-refractivity contribution in [1.29, 1.82) is 0 Å². The van der Waals surface area contributed by atoms with Gasteiger partial charge in [-0.2, -0.15) is 0 Å². The van der Waals surface area contributed by atoms with Gasteiger partial charge in [0.15, 0.2) is 0 Å². The summed E-state index contributed by atoms with van der Waals surface area (Å²) in [4.78, 5) is 0. The predicted molar refractivity (Wildman–Crippen MR) is 65.8 cm³/mol. The molecule has 90 valence electrons. The highest BCUT2D eigenvalue weighted by molar-refractivity contribution is 5.38. The Morgan fingerprint density at radius 1 is 1.38 bits per heavy atom. The molecule has 3 nitrogen and oxygen atoms in total. The van der Waals surface area contributed by atoms with E-state index in [4.69, 9.17) is 15.2 Å². The summed E-state index contributed by atoms with van der Waals surface area (Å²) in [5.41, 5.74) is 7.81. The van der Waals surface area contributed by atoms with Gasteiger partial charge in [0.25, 0.3) is 0 Å². The molecule has 0 aliphatic rings. The summed E-state index contributed by atoms with van der Waals surface area (Å²) in [6.45, 7) is 5.27. The van der Waals surface area contributed by atoms with Crippen LogP contribution in [0.1, 0.15) is 31.1 Å². The number of methoxy groups -OCH3 is 1. The summed E-state index contributed by atoms with van der Waals surface area (Å²) in [6, 6.07) is 6.22. The first-order valence-electron chi connectivity index (χ1n) is 5.71. The maximum atomic E-state index is 5.61. The Morgan fingerprint density at radius 3 is 2.69 bits per heavy atom. The van der Waals surface area contributed by atoms with Gasteiger partial charge in [0.1, 0.15) is 5.75 Å². The van der Waals surface area contributed by atoms with Crippen LogP contribution in [0.3, 0.4) is 0 Å². The van der Waals surface area contributed by atoms with Crippen molar-refractivity contribution in [2.75, 3.05) is 20.3 Å². The van der Waals surface area contributed by atoms with Crippen LogP contribution in [0.4, 0.5) is 0 Å². The monoisotopic (exact) mass is 223 g/mol. The van der Waals surface area contributed by atoms with Crippen LogP contribution in [0.15, 0.2) is 18.2 Å². The van der Waals surface area contributed by atoms with E-state index in [1.165, 1.54) is 5.56 Å². The molecule has 0 heterocycles. The second kappa shape index (κ2) is 6.51. The van der Waals surface area contributed by atoms with Gasteiger partial charge in [0.2, 0.25) is 0 Å². The van der Waals surface area contributed by atoms with Gasteiger partial charge in [-0.1, -0.05) is 13.0 Å². The van der Waals surface area contributed by atoms with Crippen molar-refractivity contribution in [3.05, 3.63) is 29.3 Å². The average Bonchev–Trinajstić information content (AvgIpc) is 2.35. The fourth-order valence-electron chi connectivity index (χ4n) is 1.66. The Labute approximate surface area is 97.6 Å². The fraction of sp³-hybridized carbons (Fsp3) is 0.538. The second-order valence-corrected chi connectivity index (χ2v) is 3.73. The normalized spacial score (nSPS) is 12.5. The molecule has 1 atom stereocenters. The zero-order valence-electron chi connectivity index (χ0n) is 10.3. The molecule has 0 saturated heterocycles. The van der Waals surface area contributed by atoms with Crippen LogP contribution in [0.2, 0.25) is 0 Å². The Kier molecular flexibility index (Phi) is 5.29. The topological polar surface area (TPSA) is 44.5 Å². The van der Waals surface area contributed by atoms with E-state index in [1.54, 1.807) is 7.11 Å². The Bertz CT molecular complexity index is 326. The molecule has 0 amide bonds. The number of benzene rings is 1. The molecule has 1 rings (SSSR count). The van der Waals surface area contributed by atoms with Crippen LogP contribution in [-0.4, -0.2) is 20.3 Å². The number of rotatable bonds is 6. The van der Waals surface area contributed by atoms with Gasteiger partial charge in [0, 0.05) is 12.1 Å². The number of aryl methyl sites for hydroxylation is 1. The van der Waals surface area contributed by atoms with Crippen molar-refractivity contribution in [2.24, 2.45) is 5.73 Å². The quantitative estimate of drug-likeness (QED) is 0.804. The standard InChI is InChI=1S/C13H21NO2/c1-4-11-5-6-13(15-3)12(9-11)10(2)16-8-7-14/h5-6,9-10H,4,7-8,14H2,1-3H3. The zero-order valence-corrected chi connectivity index (χ0v) is 10.3. The number of ether oxygens (including phenoxy) is 2. The third-order valence-electron chi connectivity index (χ3n) is 2.63.